The molecule has 1 aromatic rings. The zero-order valence-electron chi connectivity index (χ0n) is 8.53. The van der Waals surface area contributed by atoms with Crippen molar-refractivity contribution < 1.29 is 4.84 Å². The molecule has 0 aromatic heterocycles. The molecular weight excluding hydrogens is 212 g/mol. The normalized spacial score (nSPS) is 18.1. The van der Waals surface area contributed by atoms with Gasteiger partial charge in [0.15, 0.2) is 0 Å². The number of anilines is 1. The molecule has 1 aliphatic rings. The van der Waals surface area contributed by atoms with E-state index in [-0.39, 0.29) is 6.10 Å². The maximum absolute atomic E-state index is 5.84. The van der Waals surface area contributed by atoms with Crippen molar-refractivity contribution in [2.24, 2.45) is 5.90 Å². The SMILES string of the molecule is NOC1CCN(c2ccc(Cl)cc2)CC1. The monoisotopic (exact) mass is 226 g/mol. The predicted octanol–water partition coefficient (Wildman–Crippen LogP) is 2.20. The number of halogens is 1. The molecule has 0 unspecified atom stereocenters. The highest BCUT2D eigenvalue weighted by Crippen LogP contribution is 2.22. The van der Waals surface area contributed by atoms with Crippen LogP contribution in [0.4, 0.5) is 5.69 Å². The highest BCUT2D eigenvalue weighted by Gasteiger charge is 2.19. The topological polar surface area (TPSA) is 38.5 Å². The molecule has 0 radical (unpaired) electrons. The maximum Gasteiger partial charge on any atom is 0.0821 e. The summed E-state index contributed by atoms with van der Waals surface area (Å²) < 4.78 is 0. The molecule has 1 aromatic carbocycles. The van der Waals surface area contributed by atoms with Crippen LogP contribution in [0.5, 0.6) is 0 Å². The first-order chi connectivity index (χ1) is 7.29. The van der Waals surface area contributed by atoms with Gasteiger partial charge in [-0.3, -0.25) is 0 Å². The second kappa shape index (κ2) is 4.84. The summed E-state index contributed by atoms with van der Waals surface area (Å²) in [5, 5.41) is 0.777. The van der Waals surface area contributed by atoms with Crippen molar-refractivity contribution >= 4 is 17.3 Å². The zero-order valence-corrected chi connectivity index (χ0v) is 9.28. The zero-order chi connectivity index (χ0) is 10.7. The minimum Gasteiger partial charge on any atom is -0.371 e. The van der Waals surface area contributed by atoms with Crippen molar-refractivity contribution in [2.45, 2.75) is 18.9 Å². The second-order valence-corrected chi connectivity index (χ2v) is 4.24. The molecule has 3 nitrogen and oxygen atoms in total. The average Bonchev–Trinajstić information content (AvgIpc) is 2.30. The molecule has 0 atom stereocenters. The van der Waals surface area contributed by atoms with Gasteiger partial charge < -0.3 is 9.74 Å². The summed E-state index contributed by atoms with van der Waals surface area (Å²) in [6.07, 6.45) is 2.19. The first kappa shape index (κ1) is 10.7. The van der Waals surface area contributed by atoms with Crippen LogP contribution < -0.4 is 10.8 Å². The molecule has 15 heavy (non-hydrogen) atoms. The molecule has 1 fully saturated rings. The van der Waals surface area contributed by atoms with Crippen molar-refractivity contribution in [1.82, 2.24) is 0 Å². The Labute approximate surface area is 94.7 Å². The molecule has 2 rings (SSSR count). The molecule has 82 valence electrons. The van der Waals surface area contributed by atoms with Gasteiger partial charge in [-0.15, -0.1) is 0 Å². The maximum atomic E-state index is 5.84. The van der Waals surface area contributed by atoms with Crippen molar-refractivity contribution in [3.05, 3.63) is 29.3 Å². The number of hydrogen-bond acceptors (Lipinski definition) is 3. The summed E-state index contributed by atoms with van der Waals surface area (Å²) in [5.74, 6) is 5.17. The minimum absolute atomic E-state index is 0.216. The lowest BCUT2D eigenvalue weighted by Crippen LogP contribution is -2.37. The lowest BCUT2D eigenvalue weighted by molar-refractivity contribution is 0.0368. The fraction of sp³-hybridized carbons (Fsp3) is 0.455. The largest absolute Gasteiger partial charge is 0.371 e. The van der Waals surface area contributed by atoms with E-state index in [0.29, 0.717) is 0 Å². The fourth-order valence-corrected chi connectivity index (χ4v) is 2.03. The van der Waals surface area contributed by atoms with E-state index in [0.717, 1.165) is 31.0 Å². The van der Waals surface area contributed by atoms with Crippen molar-refractivity contribution in [3.63, 3.8) is 0 Å². The summed E-state index contributed by atoms with van der Waals surface area (Å²) in [7, 11) is 0. The van der Waals surface area contributed by atoms with Gasteiger partial charge in [0.25, 0.3) is 0 Å². The van der Waals surface area contributed by atoms with Crippen LogP contribution in [0.3, 0.4) is 0 Å². The lowest BCUT2D eigenvalue weighted by Gasteiger charge is -2.32. The van der Waals surface area contributed by atoms with Crippen LogP contribution in [-0.4, -0.2) is 19.2 Å². The van der Waals surface area contributed by atoms with Crippen molar-refractivity contribution in [2.75, 3.05) is 18.0 Å². The molecule has 0 amide bonds. The van der Waals surface area contributed by atoms with E-state index in [2.05, 4.69) is 4.90 Å². The minimum atomic E-state index is 0.216. The van der Waals surface area contributed by atoms with Crippen molar-refractivity contribution in [1.29, 1.82) is 0 Å². The first-order valence-electron chi connectivity index (χ1n) is 5.15. The Morgan fingerprint density at radius 3 is 2.33 bits per heavy atom. The van der Waals surface area contributed by atoms with Gasteiger partial charge in [-0.1, -0.05) is 11.6 Å². The van der Waals surface area contributed by atoms with Crippen LogP contribution in [0.2, 0.25) is 5.02 Å². The molecule has 0 spiro atoms. The van der Waals surface area contributed by atoms with Gasteiger partial charge in [0, 0.05) is 23.8 Å². The highest BCUT2D eigenvalue weighted by atomic mass is 35.5. The summed E-state index contributed by atoms with van der Waals surface area (Å²) >= 11 is 5.84. The molecule has 1 saturated heterocycles. The van der Waals surface area contributed by atoms with Gasteiger partial charge in [-0.25, -0.2) is 5.90 Å². The van der Waals surface area contributed by atoms with E-state index < -0.39 is 0 Å². The van der Waals surface area contributed by atoms with Gasteiger partial charge in [0.05, 0.1) is 6.10 Å². The van der Waals surface area contributed by atoms with E-state index >= 15 is 0 Å². The van der Waals surface area contributed by atoms with E-state index in [1.54, 1.807) is 0 Å². The smallest absolute Gasteiger partial charge is 0.0821 e. The van der Waals surface area contributed by atoms with Gasteiger partial charge in [-0.2, -0.15) is 0 Å². The Kier molecular flexibility index (Phi) is 3.46. The van der Waals surface area contributed by atoms with E-state index in [1.165, 1.54) is 5.69 Å². The van der Waals surface area contributed by atoms with E-state index in [1.807, 2.05) is 24.3 Å². The summed E-state index contributed by atoms with van der Waals surface area (Å²) in [6, 6.07) is 7.93. The van der Waals surface area contributed by atoms with Crippen LogP contribution in [0.15, 0.2) is 24.3 Å². The quantitative estimate of drug-likeness (QED) is 0.786. The van der Waals surface area contributed by atoms with Crippen LogP contribution >= 0.6 is 11.6 Å². The highest BCUT2D eigenvalue weighted by molar-refractivity contribution is 6.30. The van der Waals surface area contributed by atoms with Gasteiger partial charge in [-0.05, 0) is 37.1 Å². The Balaban J connectivity index is 1.98. The van der Waals surface area contributed by atoms with Gasteiger partial charge >= 0.3 is 0 Å². The molecule has 1 aliphatic heterocycles. The van der Waals surface area contributed by atoms with E-state index in [9.17, 15) is 0 Å². The third kappa shape index (κ3) is 2.62. The summed E-state index contributed by atoms with van der Waals surface area (Å²) in [4.78, 5) is 7.17. The molecular formula is C11H15ClN2O. The summed E-state index contributed by atoms with van der Waals surface area (Å²) in [6.45, 7) is 1.98. The number of benzene rings is 1. The Morgan fingerprint density at radius 2 is 1.80 bits per heavy atom. The third-order valence-electron chi connectivity index (χ3n) is 2.83. The fourth-order valence-electron chi connectivity index (χ4n) is 1.90. The molecule has 1 heterocycles. The van der Waals surface area contributed by atoms with Crippen LogP contribution in [-0.2, 0) is 4.84 Å². The number of rotatable bonds is 2. The third-order valence-corrected chi connectivity index (χ3v) is 3.08. The number of piperidine rings is 1. The molecule has 4 heteroatoms. The average molecular weight is 227 g/mol. The second-order valence-electron chi connectivity index (χ2n) is 3.80. The number of nitrogens with zero attached hydrogens (tertiary/aromatic N) is 1. The Hall–Kier alpha value is -0.770. The van der Waals surface area contributed by atoms with Gasteiger partial charge in [0.1, 0.15) is 0 Å². The standard InChI is InChI=1S/C11H15ClN2O/c12-9-1-3-10(4-2-9)14-7-5-11(15-13)6-8-14/h1-4,11H,5-8,13H2. The number of nitrogens with two attached hydrogens (primary N) is 1. The number of hydrogen-bond donors (Lipinski definition) is 1. The van der Waals surface area contributed by atoms with Crippen LogP contribution in [0.25, 0.3) is 0 Å². The summed E-state index contributed by atoms with van der Waals surface area (Å²) in [5.41, 5.74) is 1.22. The Morgan fingerprint density at radius 1 is 1.20 bits per heavy atom. The Bertz CT molecular complexity index is 307. The molecule has 0 saturated carbocycles. The van der Waals surface area contributed by atoms with Crippen molar-refractivity contribution in [3.8, 4) is 0 Å². The molecule has 2 N–H and O–H groups in total. The van der Waals surface area contributed by atoms with E-state index in [4.69, 9.17) is 22.3 Å². The van der Waals surface area contributed by atoms with Crippen LogP contribution in [0.1, 0.15) is 12.8 Å². The molecule has 0 bridgehead atoms. The van der Waals surface area contributed by atoms with Crippen LogP contribution in [0, 0.1) is 0 Å². The first-order valence-corrected chi connectivity index (χ1v) is 5.53. The lowest BCUT2D eigenvalue weighted by atomic mass is 10.1. The molecule has 0 aliphatic carbocycles. The van der Waals surface area contributed by atoms with Gasteiger partial charge in [0.2, 0.25) is 0 Å². The predicted molar refractivity (Wildman–Crippen MR) is 62.0 cm³/mol.